The van der Waals surface area contributed by atoms with Gasteiger partial charge in [-0.25, -0.2) is 0 Å². The summed E-state index contributed by atoms with van der Waals surface area (Å²) in [4.78, 5) is 30.2. The van der Waals surface area contributed by atoms with E-state index in [9.17, 15) is 9.59 Å². The quantitative estimate of drug-likeness (QED) is 0.532. The molecular formula is C25H38ClN5O3. The van der Waals surface area contributed by atoms with Crippen molar-refractivity contribution in [3.63, 3.8) is 0 Å². The highest BCUT2D eigenvalue weighted by molar-refractivity contribution is 6.31. The molecule has 0 radical (unpaired) electrons. The zero-order valence-electron chi connectivity index (χ0n) is 21.0. The number of nitrogens with one attached hydrogen (secondary N) is 2. The SMILES string of the molecule is CCN(c1cc(Cl)cc(C(=O)NCc2c(C)n(CC)[nH]c2=O)c1C)C1CCN(CCOC)CC1. The number of anilines is 1. The summed E-state index contributed by atoms with van der Waals surface area (Å²) >= 11 is 6.49. The average molecular weight is 492 g/mol. The summed E-state index contributed by atoms with van der Waals surface area (Å²) in [5, 5.41) is 6.26. The third-order valence-corrected chi connectivity index (χ3v) is 7.16. The minimum atomic E-state index is -0.227. The minimum Gasteiger partial charge on any atom is -0.383 e. The number of hydrogen-bond acceptors (Lipinski definition) is 5. The number of benzene rings is 1. The number of carbonyl (C=O) groups is 1. The van der Waals surface area contributed by atoms with Crippen LogP contribution >= 0.6 is 11.6 Å². The van der Waals surface area contributed by atoms with E-state index in [1.165, 1.54) is 0 Å². The molecule has 8 nitrogen and oxygen atoms in total. The molecule has 0 saturated carbocycles. The summed E-state index contributed by atoms with van der Waals surface area (Å²) in [6, 6.07) is 4.07. The molecule has 2 aromatic rings. The number of carbonyl (C=O) groups excluding carboxylic acids is 1. The molecule has 3 rings (SSSR count). The van der Waals surface area contributed by atoms with Crippen LogP contribution in [0.3, 0.4) is 0 Å². The van der Waals surface area contributed by atoms with Crippen LogP contribution in [0.15, 0.2) is 16.9 Å². The number of methoxy groups -OCH3 is 1. The fraction of sp³-hybridized carbons (Fsp3) is 0.600. The van der Waals surface area contributed by atoms with Crippen molar-refractivity contribution in [3.8, 4) is 0 Å². The average Bonchev–Trinajstić information content (AvgIpc) is 3.11. The molecule has 1 aromatic heterocycles. The molecule has 0 atom stereocenters. The molecular weight excluding hydrogens is 454 g/mol. The molecule has 1 aromatic carbocycles. The molecule has 188 valence electrons. The van der Waals surface area contributed by atoms with Gasteiger partial charge in [-0.15, -0.1) is 0 Å². The number of likely N-dealkylation sites (tertiary alicyclic amines) is 1. The maximum atomic E-state index is 13.1. The van der Waals surface area contributed by atoms with Gasteiger partial charge >= 0.3 is 0 Å². The maximum Gasteiger partial charge on any atom is 0.269 e. The number of aryl methyl sites for hydroxylation is 1. The molecule has 2 heterocycles. The summed E-state index contributed by atoms with van der Waals surface area (Å²) in [5.74, 6) is -0.227. The molecule has 34 heavy (non-hydrogen) atoms. The van der Waals surface area contributed by atoms with Crippen molar-refractivity contribution < 1.29 is 9.53 Å². The van der Waals surface area contributed by atoms with Crippen LogP contribution in [0.1, 0.15) is 53.9 Å². The summed E-state index contributed by atoms with van der Waals surface area (Å²) < 4.78 is 7.00. The van der Waals surface area contributed by atoms with E-state index in [4.69, 9.17) is 16.3 Å². The van der Waals surface area contributed by atoms with Crippen molar-refractivity contribution >= 4 is 23.2 Å². The molecule has 1 aliphatic heterocycles. The molecule has 1 fully saturated rings. The fourth-order valence-electron chi connectivity index (χ4n) is 4.89. The first-order valence-electron chi connectivity index (χ1n) is 12.1. The highest BCUT2D eigenvalue weighted by Crippen LogP contribution is 2.32. The zero-order chi connectivity index (χ0) is 24.8. The van der Waals surface area contributed by atoms with E-state index in [-0.39, 0.29) is 18.0 Å². The second-order valence-electron chi connectivity index (χ2n) is 8.88. The van der Waals surface area contributed by atoms with Crippen molar-refractivity contribution in [1.29, 1.82) is 0 Å². The van der Waals surface area contributed by atoms with E-state index < -0.39 is 0 Å². The van der Waals surface area contributed by atoms with Crippen molar-refractivity contribution in [1.82, 2.24) is 20.0 Å². The van der Waals surface area contributed by atoms with Crippen molar-refractivity contribution in [2.24, 2.45) is 0 Å². The fourth-order valence-corrected chi connectivity index (χ4v) is 5.10. The number of nitrogens with zero attached hydrogens (tertiary/aromatic N) is 3. The molecule has 0 bridgehead atoms. The first-order chi connectivity index (χ1) is 16.3. The number of halogens is 1. The molecule has 9 heteroatoms. The summed E-state index contributed by atoms with van der Waals surface area (Å²) in [5.41, 5.74) is 3.69. The highest BCUT2D eigenvalue weighted by Gasteiger charge is 2.26. The zero-order valence-corrected chi connectivity index (χ0v) is 21.8. The van der Waals surface area contributed by atoms with Gasteiger partial charge in [-0.1, -0.05) is 11.6 Å². The lowest BCUT2D eigenvalue weighted by Crippen LogP contribution is -2.46. The first kappa shape index (κ1) is 26.3. The van der Waals surface area contributed by atoms with Gasteiger partial charge < -0.3 is 19.9 Å². The Morgan fingerprint density at radius 3 is 2.56 bits per heavy atom. The largest absolute Gasteiger partial charge is 0.383 e. The summed E-state index contributed by atoms with van der Waals surface area (Å²) in [6.07, 6.45) is 2.11. The standard InChI is InChI=1S/C25H38ClN5O3/c1-6-30(20-8-10-29(11-9-20)12-13-34-5)23-15-19(26)14-21(17(23)3)24(32)27-16-22-18(4)31(7-2)28-25(22)33/h14-15,20H,6-13,16H2,1-5H3,(H,27,32)(H,28,33). The number of aromatic amines is 1. The topological polar surface area (TPSA) is 82.6 Å². The van der Waals surface area contributed by atoms with Crippen LogP contribution in [0.2, 0.25) is 5.02 Å². The Kier molecular flexibility index (Phi) is 9.22. The Balaban J connectivity index is 1.76. The van der Waals surface area contributed by atoms with Gasteiger partial charge in [0.25, 0.3) is 11.5 Å². The van der Waals surface area contributed by atoms with Gasteiger partial charge in [0.2, 0.25) is 0 Å². The predicted octanol–water partition coefficient (Wildman–Crippen LogP) is 3.33. The van der Waals surface area contributed by atoms with Crippen LogP contribution < -0.4 is 15.8 Å². The smallest absolute Gasteiger partial charge is 0.269 e. The van der Waals surface area contributed by atoms with Crippen molar-refractivity contribution in [2.45, 2.75) is 59.7 Å². The number of ether oxygens (including phenoxy) is 1. The van der Waals surface area contributed by atoms with E-state index in [2.05, 4.69) is 27.1 Å². The van der Waals surface area contributed by atoms with E-state index in [0.29, 0.717) is 28.7 Å². The Hall–Kier alpha value is -2.29. The van der Waals surface area contributed by atoms with Crippen LogP contribution in [0.4, 0.5) is 5.69 Å². The Morgan fingerprint density at radius 2 is 1.97 bits per heavy atom. The third-order valence-electron chi connectivity index (χ3n) is 6.94. The number of hydrogen-bond donors (Lipinski definition) is 2. The number of H-pyrrole nitrogens is 1. The number of amides is 1. The predicted molar refractivity (Wildman–Crippen MR) is 137 cm³/mol. The number of rotatable bonds is 10. The van der Waals surface area contributed by atoms with Gasteiger partial charge in [0, 0.05) is 67.8 Å². The molecule has 1 saturated heterocycles. The molecule has 2 N–H and O–H groups in total. The molecule has 0 spiro atoms. The van der Waals surface area contributed by atoms with Crippen molar-refractivity contribution in [2.75, 3.05) is 44.8 Å². The lowest BCUT2D eigenvalue weighted by atomic mass is 9.99. The van der Waals surface area contributed by atoms with Gasteiger partial charge in [-0.2, -0.15) is 0 Å². The maximum absolute atomic E-state index is 13.1. The lowest BCUT2D eigenvalue weighted by molar-refractivity contribution is 0.0950. The minimum absolute atomic E-state index is 0.169. The van der Waals surface area contributed by atoms with Gasteiger partial charge in [-0.3, -0.25) is 19.4 Å². The Bertz CT molecular complexity index is 1040. The monoisotopic (exact) mass is 491 g/mol. The summed E-state index contributed by atoms with van der Waals surface area (Å²) in [7, 11) is 1.74. The summed E-state index contributed by atoms with van der Waals surface area (Å²) in [6.45, 7) is 13.4. The molecule has 1 aliphatic rings. The molecule has 0 aliphatic carbocycles. The van der Waals surface area contributed by atoms with E-state index in [0.717, 1.165) is 62.6 Å². The van der Waals surface area contributed by atoms with E-state index in [1.54, 1.807) is 17.9 Å². The molecule has 0 unspecified atom stereocenters. The van der Waals surface area contributed by atoms with Gasteiger partial charge in [0.1, 0.15) is 0 Å². The Morgan fingerprint density at radius 1 is 1.26 bits per heavy atom. The first-order valence-corrected chi connectivity index (χ1v) is 12.5. The van der Waals surface area contributed by atoms with Crippen LogP contribution in [0, 0.1) is 13.8 Å². The highest BCUT2D eigenvalue weighted by atomic mass is 35.5. The molecule has 1 amide bonds. The van der Waals surface area contributed by atoms with E-state index in [1.807, 2.05) is 26.8 Å². The number of aromatic nitrogens is 2. The normalized spacial score (nSPS) is 15.0. The second kappa shape index (κ2) is 11.9. The van der Waals surface area contributed by atoms with Gasteiger partial charge in [0.15, 0.2) is 0 Å². The van der Waals surface area contributed by atoms with Crippen LogP contribution in [0.5, 0.6) is 0 Å². The number of piperidine rings is 1. The second-order valence-corrected chi connectivity index (χ2v) is 9.32. The van der Waals surface area contributed by atoms with Crippen LogP contribution in [-0.2, 0) is 17.8 Å². The Labute approximate surface area is 207 Å². The van der Waals surface area contributed by atoms with Crippen LogP contribution in [-0.4, -0.2) is 66.5 Å². The van der Waals surface area contributed by atoms with Gasteiger partial charge in [0.05, 0.1) is 18.7 Å². The third kappa shape index (κ3) is 5.85. The van der Waals surface area contributed by atoms with Crippen LogP contribution in [0.25, 0.3) is 0 Å². The van der Waals surface area contributed by atoms with Crippen molar-refractivity contribution in [3.05, 3.63) is 49.9 Å². The van der Waals surface area contributed by atoms with E-state index >= 15 is 0 Å². The lowest BCUT2D eigenvalue weighted by Gasteiger charge is -2.40. The van der Waals surface area contributed by atoms with Gasteiger partial charge in [-0.05, 0) is 58.2 Å².